The van der Waals surface area contributed by atoms with Gasteiger partial charge in [0.1, 0.15) is 6.04 Å². The number of hydrogen-bond acceptors (Lipinski definition) is 4. The van der Waals surface area contributed by atoms with Crippen molar-refractivity contribution in [3.8, 4) is 0 Å². The Labute approximate surface area is 83.3 Å². The van der Waals surface area contributed by atoms with E-state index in [2.05, 4.69) is 10.8 Å². The molecular weight excluding hydrogens is 182 g/mol. The van der Waals surface area contributed by atoms with Crippen LogP contribution in [0.5, 0.6) is 0 Å². The summed E-state index contributed by atoms with van der Waals surface area (Å²) in [5, 5.41) is 3.30. The zero-order chi connectivity index (χ0) is 9.97. The molecule has 0 aromatic heterocycles. The van der Waals surface area contributed by atoms with Gasteiger partial charge in [-0.1, -0.05) is 0 Å². The summed E-state index contributed by atoms with van der Waals surface area (Å²) >= 11 is 0. The second kappa shape index (κ2) is 4.25. The lowest BCUT2D eigenvalue weighted by Crippen LogP contribution is -2.46. The van der Waals surface area contributed by atoms with Crippen molar-refractivity contribution in [3.05, 3.63) is 0 Å². The summed E-state index contributed by atoms with van der Waals surface area (Å²) in [7, 11) is 0. The van der Waals surface area contributed by atoms with Gasteiger partial charge in [0, 0.05) is 12.1 Å². The fraction of sp³-hybridized carbons (Fsp3) is 0.889. The highest BCUT2D eigenvalue weighted by Gasteiger charge is 2.29. The van der Waals surface area contributed by atoms with Crippen LogP contribution < -0.4 is 16.5 Å². The monoisotopic (exact) mass is 199 g/mol. The average molecular weight is 199 g/mol. The molecule has 1 saturated carbocycles. The highest BCUT2D eigenvalue weighted by atomic mass is 16.7. The molecule has 2 fully saturated rings. The van der Waals surface area contributed by atoms with E-state index in [9.17, 15) is 4.79 Å². The van der Waals surface area contributed by atoms with E-state index in [1.165, 1.54) is 0 Å². The van der Waals surface area contributed by atoms with Gasteiger partial charge in [-0.05, 0) is 25.7 Å². The maximum Gasteiger partial charge on any atom is 0.263 e. The van der Waals surface area contributed by atoms with Crippen LogP contribution in [0.3, 0.4) is 0 Å². The van der Waals surface area contributed by atoms with Crippen molar-refractivity contribution in [2.24, 2.45) is 5.73 Å². The Balaban J connectivity index is 1.77. The molecule has 80 valence electrons. The van der Waals surface area contributed by atoms with E-state index < -0.39 is 0 Å². The molecule has 0 radical (unpaired) electrons. The Morgan fingerprint density at radius 1 is 1.36 bits per heavy atom. The quantitative estimate of drug-likeness (QED) is 0.548. The molecule has 2 rings (SSSR count). The summed E-state index contributed by atoms with van der Waals surface area (Å²) in [6.45, 7) is 0.432. The number of hydroxylamine groups is 1. The molecule has 0 spiro atoms. The zero-order valence-corrected chi connectivity index (χ0v) is 8.16. The summed E-state index contributed by atoms with van der Waals surface area (Å²) in [4.78, 5) is 16.0. The molecule has 1 aliphatic heterocycles. The van der Waals surface area contributed by atoms with Crippen molar-refractivity contribution in [2.45, 2.75) is 43.8 Å². The Morgan fingerprint density at radius 2 is 2.07 bits per heavy atom. The number of rotatable bonds is 2. The Hall–Kier alpha value is -0.650. The van der Waals surface area contributed by atoms with Crippen molar-refractivity contribution in [3.63, 3.8) is 0 Å². The minimum Gasteiger partial charge on any atom is -0.328 e. The first-order chi connectivity index (χ1) is 6.75. The molecule has 0 bridgehead atoms. The SMILES string of the molecule is NC1CCC(NC2CONC2=O)CC1. The van der Waals surface area contributed by atoms with Crippen LogP contribution >= 0.6 is 0 Å². The van der Waals surface area contributed by atoms with Crippen LogP contribution in [-0.2, 0) is 9.63 Å². The number of hydrogen-bond donors (Lipinski definition) is 3. The lowest BCUT2D eigenvalue weighted by molar-refractivity contribution is -0.125. The maximum atomic E-state index is 11.2. The van der Waals surface area contributed by atoms with Crippen LogP contribution in [0.4, 0.5) is 0 Å². The predicted molar refractivity (Wildman–Crippen MR) is 51.2 cm³/mol. The fourth-order valence-electron chi connectivity index (χ4n) is 2.04. The molecule has 5 heteroatoms. The molecule has 1 saturated heterocycles. The van der Waals surface area contributed by atoms with E-state index >= 15 is 0 Å². The molecule has 0 aromatic rings. The Kier molecular flexibility index (Phi) is 3.00. The van der Waals surface area contributed by atoms with Crippen molar-refractivity contribution < 1.29 is 9.63 Å². The van der Waals surface area contributed by atoms with Crippen LogP contribution in [0, 0.1) is 0 Å². The third-order valence-electron chi connectivity index (χ3n) is 2.95. The first-order valence-corrected chi connectivity index (χ1v) is 5.19. The van der Waals surface area contributed by atoms with E-state index in [-0.39, 0.29) is 11.9 Å². The maximum absolute atomic E-state index is 11.2. The van der Waals surface area contributed by atoms with Gasteiger partial charge in [0.05, 0.1) is 6.61 Å². The zero-order valence-electron chi connectivity index (χ0n) is 8.16. The van der Waals surface area contributed by atoms with Crippen LogP contribution in [0.25, 0.3) is 0 Å². The number of amides is 1. The van der Waals surface area contributed by atoms with Gasteiger partial charge >= 0.3 is 0 Å². The molecule has 14 heavy (non-hydrogen) atoms. The summed E-state index contributed by atoms with van der Waals surface area (Å²) in [5.74, 6) is -0.0557. The Bertz CT molecular complexity index is 214. The normalized spacial score (nSPS) is 38.4. The average Bonchev–Trinajstić information content (AvgIpc) is 2.56. The lowest BCUT2D eigenvalue weighted by atomic mass is 9.91. The lowest BCUT2D eigenvalue weighted by Gasteiger charge is -2.28. The van der Waals surface area contributed by atoms with Crippen molar-refractivity contribution in [1.82, 2.24) is 10.8 Å². The van der Waals surface area contributed by atoms with Gasteiger partial charge in [-0.15, -0.1) is 0 Å². The molecule has 1 heterocycles. The van der Waals surface area contributed by atoms with Gasteiger partial charge in [-0.2, -0.15) is 0 Å². The third-order valence-corrected chi connectivity index (χ3v) is 2.95. The van der Waals surface area contributed by atoms with Crippen molar-refractivity contribution in [2.75, 3.05) is 6.61 Å². The molecule has 1 unspecified atom stereocenters. The standard InChI is InChI=1S/C9H17N3O2/c10-6-1-3-7(4-2-6)11-8-5-14-12-9(8)13/h6-8,11H,1-5,10H2,(H,12,13). The number of carbonyl (C=O) groups is 1. The Morgan fingerprint density at radius 3 is 2.64 bits per heavy atom. The predicted octanol–water partition coefficient (Wildman–Crippen LogP) is -0.724. The number of nitrogens with two attached hydrogens (primary N) is 1. The van der Waals surface area contributed by atoms with E-state index in [4.69, 9.17) is 10.6 Å². The van der Waals surface area contributed by atoms with Crippen LogP contribution in [0.15, 0.2) is 0 Å². The van der Waals surface area contributed by atoms with Gasteiger partial charge in [-0.3, -0.25) is 9.63 Å². The molecular formula is C9H17N3O2. The first-order valence-electron chi connectivity index (χ1n) is 5.19. The van der Waals surface area contributed by atoms with Crippen LogP contribution in [-0.4, -0.2) is 30.6 Å². The second-order valence-electron chi connectivity index (χ2n) is 4.11. The number of carbonyl (C=O) groups excluding carboxylic acids is 1. The molecule has 0 aromatic carbocycles. The summed E-state index contributed by atoms with van der Waals surface area (Å²) < 4.78 is 0. The summed E-state index contributed by atoms with van der Waals surface area (Å²) in [6.07, 6.45) is 4.22. The largest absolute Gasteiger partial charge is 0.328 e. The topological polar surface area (TPSA) is 76.4 Å². The minimum atomic E-state index is -0.172. The molecule has 4 N–H and O–H groups in total. The van der Waals surface area contributed by atoms with E-state index in [0.717, 1.165) is 25.7 Å². The number of nitrogens with one attached hydrogen (secondary N) is 2. The highest BCUT2D eigenvalue weighted by molar-refractivity contribution is 5.82. The second-order valence-corrected chi connectivity index (χ2v) is 4.11. The van der Waals surface area contributed by atoms with Crippen molar-refractivity contribution in [1.29, 1.82) is 0 Å². The van der Waals surface area contributed by atoms with Gasteiger partial charge in [-0.25, -0.2) is 5.48 Å². The van der Waals surface area contributed by atoms with Gasteiger partial charge in [0.25, 0.3) is 5.91 Å². The van der Waals surface area contributed by atoms with E-state index in [1.54, 1.807) is 0 Å². The van der Waals surface area contributed by atoms with Gasteiger partial charge < -0.3 is 11.1 Å². The molecule has 1 atom stereocenters. The molecule has 2 aliphatic rings. The molecule has 1 aliphatic carbocycles. The van der Waals surface area contributed by atoms with Crippen molar-refractivity contribution >= 4 is 5.91 Å². The van der Waals surface area contributed by atoms with E-state index in [1.807, 2.05) is 0 Å². The first kappa shape index (κ1) is 9.89. The fourth-order valence-corrected chi connectivity index (χ4v) is 2.04. The minimum absolute atomic E-state index is 0.0557. The molecule has 1 amide bonds. The third kappa shape index (κ3) is 2.23. The summed E-state index contributed by atoms with van der Waals surface area (Å²) in [5.41, 5.74) is 8.14. The van der Waals surface area contributed by atoms with Crippen LogP contribution in [0.1, 0.15) is 25.7 Å². The van der Waals surface area contributed by atoms with Gasteiger partial charge in [0.15, 0.2) is 0 Å². The summed E-state index contributed by atoms with van der Waals surface area (Å²) in [6, 6.07) is 0.600. The van der Waals surface area contributed by atoms with Gasteiger partial charge in [0.2, 0.25) is 0 Å². The smallest absolute Gasteiger partial charge is 0.263 e. The molecule has 5 nitrogen and oxygen atoms in total. The van der Waals surface area contributed by atoms with Crippen LogP contribution in [0.2, 0.25) is 0 Å². The van der Waals surface area contributed by atoms with E-state index in [0.29, 0.717) is 18.7 Å². The highest BCUT2D eigenvalue weighted by Crippen LogP contribution is 2.17.